The van der Waals surface area contributed by atoms with Crippen LogP contribution in [0.2, 0.25) is 5.02 Å². The van der Waals surface area contributed by atoms with Crippen LogP contribution in [0.5, 0.6) is 0 Å². The van der Waals surface area contributed by atoms with Gasteiger partial charge in [0.25, 0.3) is 5.91 Å². The molecule has 0 aliphatic carbocycles. The molecule has 0 bridgehead atoms. The molecule has 0 aliphatic heterocycles. The first-order valence-corrected chi connectivity index (χ1v) is 9.73. The minimum absolute atomic E-state index is 0.133. The summed E-state index contributed by atoms with van der Waals surface area (Å²) in [6.07, 6.45) is 0. The molecule has 0 radical (unpaired) electrons. The van der Waals surface area contributed by atoms with Crippen LogP contribution in [-0.4, -0.2) is 50.1 Å². The lowest BCUT2D eigenvalue weighted by Gasteiger charge is -2.19. The highest BCUT2D eigenvalue weighted by Crippen LogP contribution is 2.19. The van der Waals surface area contributed by atoms with Gasteiger partial charge in [0, 0.05) is 42.1 Å². The molecule has 28 heavy (non-hydrogen) atoms. The molecule has 2 rings (SSSR count). The zero-order valence-corrected chi connectivity index (χ0v) is 17.3. The first kappa shape index (κ1) is 21.7. The van der Waals surface area contributed by atoms with Gasteiger partial charge in [-0.25, -0.2) is 4.79 Å². The Balaban J connectivity index is 1.89. The SMILES string of the molecule is CCN(CC)CCNC(=O)Nc1ccc(N(C)C(=O)c2ccc(Cl)cc2)cc1. The number of rotatable bonds is 8. The van der Waals surface area contributed by atoms with E-state index in [2.05, 4.69) is 29.4 Å². The summed E-state index contributed by atoms with van der Waals surface area (Å²) in [5, 5.41) is 6.23. The van der Waals surface area contributed by atoms with E-state index in [1.807, 2.05) is 0 Å². The van der Waals surface area contributed by atoms with Gasteiger partial charge in [-0.2, -0.15) is 0 Å². The lowest BCUT2D eigenvalue weighted by atomic mass is 10.2. The Kier molecular flexibility index (Phi) is 8.29. The van der Waals surface area contributed by atoms with Crippen molar-refractivity contribution in [3.8, 4) is 0 Å². The first-order chi connectivity index (χ1) is 13.4. The number of anilines is 2. The predicted molar refractivity (Wildman–Crippen MR) is 115 cm³/mol. The van der Waals surface area contributed by atoms with Gasteiger partial charge < -0.3 is 20.4 Å². The average Bonchev–Trinajstić information content (AvgIpc) is 2.71. The first-order valence-electron chi connectivity index (χ1n) is 9.35. The van der Waals surface area contributed by atoms with E-state index in [-0.39, 0.29) is 11.9 Å². The topological polar surface area (TPSA) is 64.7 Å². The monoisotopic (exact) mass is 402 g/mol. The molecule has 6 nitrogen and oxygen atoms in total. The predicted octanol–water partition coefficient (Wildman–Crippen LogP) is 4.08. The maximum absolute atomic E-state index is 12.5. The molecule has 2 aromatic carbocycles. The molecular formula is C21H27ClN4O2. The smallest absolute Gasteiger partial charge is 0.319 e. The molecule has 0 aliphatic rings. The van der Waals surface area contributed by atoms with E-state index >= 15 is 0 Å². The van der Waals surface area contributed by atoms with Crippen molar-refractivity contribution in [3.05, 3.63) is 59.1 Å². The lowest BCUT2D eigenvalue weighted by molar-refractivity contribution is 0.0993. The van der Waals surface area contributed by atoms with Crippen molar-refractivity contribution in [2.75, 3.05) is 43.4 Å². The largest absolute Gasteiger partial charge is 0.337 e. The third kappa shape index (κ3) is 6.25. The zero-order chi connectivity index (χ0) is 20.5. The number of likely N-dealkylation sites (N-methyl/N-ethyl adjacent to an activating group) is 1. The fraction of sp³-hybridized carbons (Fsp3) is 0.333. The number of carbonyl (C=O) groups is 2. The maximum atomic E-state index is 12.5. The van der Waals surface area contributed by atoms with Gasteiger partial charge in [-0.05, 0) is 61.6 Å². The van der Waals surface area contributed by atoms with Crippen LogP contribution >= 0.6 is 11.6 Å². The second-order valence-electron chi connectivity index (χ2n) is 6.33. The highest BCUT2D eigenvalue weighted by Gasteiger charge is 2.13. The summed E-state index contributed by atoms with van der Waals surface area (Å²) in [5.74, 6) is -0.133. The van der Waals surface area contributed by atoms with E-state index in [1.165, 1.54) is 0 Å². The molecule has 0 fully saturated rings. The second-order valence-corrected chi connectivity index (χ2v) is 6.76. The Bertz CT molecular complexity index is 774. The lowest BCUT2D eigenvalue weighted by Crippen LogP contribution is -2.36. The number of hydrogen-bond donors (Lipinski definition) is 2. The quantitative estimate of drug-likeness (QED) is 0.699. The Morgan fingerprint density at radius 1 is 0.964 bits per heavy atom. The van der Waals surface area contributed by atoms with Crippen molar-refractivity contribution in [2.45, 2.75) is 13.8 Å². The summed E-state index contributed by atoms with van der Waals surface area (Å²) in [6, 6.07) is 13.6. The van der Waals surface area contributed by atoms with Gasteiger partial charge in [-0.15, -0.1) is 0 Å². The third-order valence-electron chi connectivity index (χ3n) is 4.52. The standard InChI is InChI=1S/C21H27ClN4O2/c1-4-26(5-2)15-14-23-21(28)24-18-10-12-19(13-11-18)25(3)20(27)16-6-8-17(22)9-7-16/h6-13H,4-5,14-15H2,1-3H3,(H2,23,24,28). The third-order valence-corrected chi connectivity index (χ3v) is 4.77. The van der Waals surface area contributed by atoms with Gasteiger partial charge in [0.1, 0.15) is 0 Å². The molecule has 2 aromatic rings. The van der Waals surface area contributed by atoms with Crippen molar-refractivity contribution in [3.63, 3.8) is 0 Å². The van der Waals surface area contributed by atoms with Gasteiger partial charge in [0.2, 0.25) is 0 Å². The molecule has 0 unspecified atom stereocenters. The number of nitrogens with one attached hydrogen (secondary N) is 2. The van der Waals surface area contributed by atoms with Crippen molar-refractivity contribution in [1.82, 2.24) is 10.2 Å². The second kappa shape index (κ2) is 10.7. The van der Waals surface area contributed by atoms with Gasteiger partial charge in [-0.3, -0.25) is 4.79 Å². The van der Waals surface area contributed by atoms with E-state index in [9.17, 15) is 9.59 Å². The van der Waals surface area contributed by atoms with Crippen LogP contribution in [0.4, 0.5) is 16.2 Å². The van der Waals surface area contributed by atoms with Crippen LogP contribution in [-0.2, 0) is 0 Å². The number of halogens is 1. The van der Waals surface area contributed by atoms with Gasteiger partial charge in [0.15, 0.2) is 0 Å². The Labute approximate surface area is 171 Å². The summed E-state index contributed by atoms with van der Waals surface area (Å²) in [5.41, 5.74) is 1.95. The Hall–Kier alpha value is -2.57. The Morgan fingerprint density at radius 2 is 1.57 bits per heavy atom. The zero-order valence-electron chi connectivity index (χ0n) is 16.5. The number of urea groups is 1. The molecule has 0 spiro atoms. The number of benzene rings is 2. The fourth-order valence-corrected chi connectivity index (χ4v) is 2.84. The van der Waals surface area contributed by atoms with Crippen LogP contribution in [0.3, 0.4) is 0 Å². The van der Waals surface area contributed by atoms with Crippen molar-refractivity contribution < 1.29 is 9.59 Å². The fourth-order valence-electron chi connectivity index (χ4n) is 2.71. The Morgan fingerprint density at radius 3 is 2.14 bits per heavy atom. The molecule has 0 saturated heterocycles. The van der Waals surface area contributed by atoms with E-state index in [0.717, 1.165) is 25.3 Å². The van der Waals surface area contributed by atoms with Gasteiger partial charge >= 0.3 is 6.03 Å². The summed E-state index contributed by atoms with van der Waals surface area (Å²) in [4.78, 5) is 28.3. The van der Waals surface area contributed by atoms with Crippen LogP contribution in [0.25, 0.3) is 0 Å². The molecule has 0 aromatic heterocycles. The van der Waals surface area contributed by atoms with Crippen molar-refractivity contribution in [1.29, 1.82) is 0 Å². The average molecular weight is 403 g/mol. The highest BCUT2D eigenvalue weighted by atomic mass is 35.5. The molecule has 0 heterocycles. The summed E-state index contributed by atoms with van der Waals surface area (Å²) in [7, 11) is 1.71. The minimum Gasteiger partial charge on any atom is -0.337 e. The minimum atomic E-state index is -0.245. The van der Waals surface area contributed by atoms with Crippen molar-refractivity contribution >= 4 is 34.9 Å². The summed E-state index contributed by atoms with van der Waals surface area (Å²) < 4.78 is 0. The van der Waals surface area contributed by atoms with E-state index < -0.39 is 0 Å². The van der Waals surface area contributed by atoms with E-state index in [0.29, 0.717) is 22.8 Å². The normalized spacial score (nSPS) is 10.6. The highest BCUT2D eigenvalue weighted by molar-refractivity contribution is 6.30. The molecule has 7 heteroatoms. The van der Waals surface area contributed by atoms with Crippen LogP contribution in [0, 0.1) is 0 Å². The number of hydrogen-bond acceptors (Lipinski definition) is 3. The van der Waals surface area contributed by atoms with Crippen molar-refractivity contribution in [2.24, 2.45) is 0 Å². The van der Waals surface area contributed by atoms with Crippen LogP contribution < -0.4 is 15.5 Å². The maximum Gasteiger partial charge on any atom is 0.319 e. The molecule has 0 atom stereocenters. The van der Waals surface area contributed by atoms with Crippen LogP contribution in [0.1, 0.15) is 24.2 Å². The molecule has 2 N–H and O–H groups in total. The van der Waals surface area contributed by atoms with Crippen LogP contribution in [0.15, 0.2) is 48.5 Å². The summed E-state index contributed by atoms with van der Waals surface area (Å²) >= 11 is 5.87. The molecule has 150 valence electrons. The molecular weight excluding hydrogens is 376 g/mol. The number of nitrogens with zero attached hydrogens (tertiary/aromatic N) is 2. The number of amides is 3. The van der Waals surface area contributed by atoms with E-state index in [1.54, 1.807) is 60.5 Å². The molecule has 0 saturated carbocycles. The van der Waals surface area contributed by atoms with Gasteiger partial charge in [-0.1, -0.05) is 25.4 Å². The summed E-state index contributed by atoms with van der Waals surface area (Å²) in [6.45, 7) is 7.52. The number of carbonyl (C=O) groups excluding carboxylic acids is 2. The van der Waals surface area contributed by atoms with Gasteiger partial charge in [0.05, 0.1) is 0 Å². The molecule has 3 amide bonds. The van der Waals surface area contributed by atoms with E-state index in [4.69, 9.17) is 11.6 Å².